The van der Waals surface area contributed by atoms with Crippen LogP contribution in [0, 0.1) is 0 Å². The van der Waals surface area contributed by atoms with Crippen molar-refractivity contribution in [3.8, 4) is 0 Å². The second kappa shape index (κ2) is 5.92. The first-order valence-corrected chi connectivity index (χ1v) is 8.74. The van der Waals surface area contributed by atoms with Crippen molar-refractivity contribution in [3.05, 3.63) is 24.3 Å². The Morgan fingerprint density at radius 2 is 2.10 bits per heavy atom. The first-order valence-electron chi connectivity index (χ1n) is 7.25. The predicted molar refractivity (Wildman–Crippen MR) is 80.4 cm³/mol. The van der Waals surface area contributed by atoms with Crippen LogP contribution in [0.2, 0.25) is 0 Å². The van der Waals surface area contributed by atoms with E-state index in [2.05, 4.69) is 9.62 Å². The van der Waals surface area contributed by atoms with E-state index in [4.69, 9.17) is 10.5 Å². The van der Waals surface area contributed by atoms with Gasteiger partial charge in [0.15, 0.2) is 0 Å². The SMILES string of the molecule is Nc1ccc(S(=O)(=O)NCC2CN3CCCC3CO2)cc1. The Balaban J connectivity index is 1.58. The molecule has 1 aromatic rings. The Morgan fingerprint density at radius 1 is 1.33 bits per heavy atom. The number of benzene rings is 1. The molecule has 2 heterocycles. The second-order valence-electron chi connectivity index (χ2n) is 5.67. The first-order chi connectivity index (χ1) is 10.0. The Kier molecular flexibility index (Phi) is 4.17. The molecule has 0 aliphatic carbocycles. The zero-order valence-electron chi connectivity index (χ0n) is 11.9. The van der Waals surface area contributed by atoms with E-state index in [-0.39, 0.29) is 11.0 Å². The molecule has 0 spiro atoms. The Bertz CT molecular complexity index is 588. The van der Waals surface area contributed by atoms with E-state index < -0.39 is 10.0 Å². The van der Waals surface area contributed by atoms with Crippen LogP contribution < -0.4 is 10.5 Å². The number of nitrogen functional groups attached to an aromatic ring is 1. The maximum absolute atomic E-state index is 12.2. The molecule has 116 valence electrons. The average molecular weight is 311 g/mol. The molecule has 2 atom stereocenters. The van der Waals surface area contributed by atoms with Gasteiger partial charge in [-0.3, -0.25) is 4.90 Å². The number of ether oxygens (including phenoxy) is 1. The maximum atomic E-state index is 12.2. The molecule has 2 aliphatic rings. The Morgan fingerprint density at radius 3 is 2.86 bits per heavy atom. The number of hydrogen-bond donors (Lipinski definition) is 2. The van der Waals surface area contributed by atoms with E-state index in [0.717, 1.165) is 13.1 Å². The molecule has 2 unspecified atom stereocenters. The number of nitrogens with zero attached hydrogens (tertiary/aromatic N) is 1. The summed E-state index contributed by atoms with van der Waals surface area (Å²) in [4.78, 5) is 2.62. The van der Waals surface area contributed by atoms with E-state index >= 15 is 0 Å². The molecule has 0 radical (unpaired) electrons. The lowest BCUT2D eigenvalue weighted by Crippen LogP contribution is -2.50. The summed E-state index contributed by atoms with van der Waals surface area (Å²) in [6, 6.07) is 6.71. The molecule has 0 bridgehead atoms. The van der Waals surface area contributed by atoms with Gasteiger partial charge in [-0.25, -0.2) is 13.1 Å². The molecule has 6 nitrogen and oxygen atoms in total. The highest BCUT2D eigenvalue weighted by Crippen LogP contribution is 2.22. The summed E-state index contributed by atoms with van der Waals surface area (Å²) < 4.78 is 32.8. The number of nitrogens with one attached hydrogen (secondary N) is 1. The average Bonchev–Trinajstić information content (AvgIpc) is 2.93. The third-order valence-corrected chi connectivity index (χ3v) is 5.59. The molecule has 0 saturated carbocycles. The van der Waals surface area contributed by atoms with Crippen molar-refractivity contribution in [3.63, 3.8) is 0 Å². The highest BCUT2D eigenvalue weighted by Gasteiger charge is 2.32. The van der Waals surface area contributed by atoms with Crippen molar-refractivity contribution in [2.75, 3.05) is 32.0 Å². The van der Waals surface area contributed by atoms with Gasteiger partial charge in [-0.05, 0) is 43.7 Å². The zero-order valence-corrected chi connectivity index (χ0v) is 12.7. The van der Waals surface area contributed by atoms with Crippen molar-refractivity contribution in [1.82, 2.24) is 9.62 Å². The molecule has 2 fully saturated rings. The van der Waals surface area contributed by atoms with Crippen LogP contribution in [0.4, 0.5) is 5.69 Å². The summed E-state index contributed by atoms with van der Waals surface area (Å²) in [6.45, 7) is 2.90. The fourth-order valence-corrected chi connectivity index (χ4v) is 4.01. The lowest BCUT2D eigenvalue weighted by atomic mass is 10.2. The summed E-state index contributed by atoms with van der Waals surface area (Å²) in [6.07, 6.45) is 2.31. The number of nitrogens with two attached hydrogens (primary N) is 1. The summed E-state index contributed by atoms with van der Waals surface area (Å²) in [5.41, 5.74) is 6.12. The highest BCUT2D eigenvalue weighted by atomic mass is 32.2. The smallest absolute Gasteiger partial charge is 0.240 e. The molecule has 2 aliphatic heterocycles. The Labute approximate surface area is 125 Å². The van der Waals surface area contributed by atoms with Gasteiger partial charge in [-0.1, -0.05) is 0 Å². The number of hydrogen-bond acceptors (Lipinski definition) is 5. The minimum absolute atomic E-state index is 0.0806. The first kappa shape index (κ1) is 14.8. The lowest BCUT2D eigenvalue weighted by molar-refractivity contribution is -0.0449. The van der Waals surface area contributed by atoms with Crippen LogP contribution in [0.25, 0.3) is 0 Å². The van der Waals surface area contributed by atoms with Gasteiger partial charge in [0, 0.05) is 24.8 Å². The van der Waals surface area contributed by atoms with Gasteiger partial charge in [0.2, 0.25) is 10.0 Å². The van der Waals surface area contributed by atoms with E-state index in [1.807, 2.05) is 0 Å². The van der Waals surface area contributed by atoms with Crippen LogP contribution in [0.15, 0.2) is 29.2 Å². The van der Waals surface area contributed by atoms with Gasteiger partial charge in [0.05, 0.1) is 17.6 Å². The summed E-state index contributed by atoms with van der Waals surface area (Å²) in [5.74, 6) is 0. The lowest BCUT2D eigenvalue weighted by Gasteiger charge is -2.35. The third kappa shape index (κ3) is 3.37. The Hall–Kier alpha value is -1.15. The molecule has 1 aromatic carbocycles. The summed E-state index contributed by atoms with van der Waals surface area (Å²) in [5, 5.41) is 0. The van der Waals surface area contributed by atoms with Crippen LogP contribution in [-0.2, 0) is 14.8 Å². The van der Waals surface area contributed by atoms with E-state index in [1.54, 1.807) is 12.1 Å². The minimum Gasteiger partial charge on any atom is -0.399 e. The van der Waals surface area contributed by atoms with Gasteiger partial charge in [-0.15, -0.1) is 0 Å². The van der Waals surface area contributed by atoms with Crippen LogP contribution >= 0.6 is 0 Å². The van der Waals surface area contributed by atoms with Gasteiger partial charge >= 0.3 is 0 Å². The van der Waals surface area contributed by atoms with Gasteiger partial charge in [0.1, 0.15) is 0 Å². The van der Waals surface area contributed by atoms with Crippen LogP contribution in [0.5, 0.6) is 0 Å². The molecule has 7 heteroatoms. The van der Waals surface area contributed by atoms with Crippen molar-refractivity contribution >= 4 is 15.7 Å². The molecule has 21 heavy (non-hydrogen) atoms. The molecular formula is C14H21N3O3S. The maximum Gasteiger partial charge on any atom is 0.240 e. The number of anilines is 1. The topological polar surface area (TPSA) is 84.7 Å². The molecular weight excluding hydrogens is 290 g/mol. The van der Waals surface area contributed by atoms with E-state index in [9.17, 15) is 8.42 Å². The zero-order chi connectivity index (χ0) is 14.9. The normalized spacial score (nSPS) is 26.7. The fraction of sp³-hybridized carbons (Fsp3) is 0.571. The van der Waals surface area contributed by atoms with Gasteiger partial charge < -0.3 is 10.5 Å². The summed E-state index contributed by atoms with van der Waals surface area (Å²) in [7, 11) is -3.50. The number of fused-ring (bicyclic) bond motifs is 1. The van der Waals surface area contributed by atoms with Crippen LogP contribution in [0.1, 0.15) is 12.8 Å². The molecule has 0 aromatic heterocycles. The fourth-order valence-electron chi connectivity index (χ4n) is 2.94. The van der Waals surface area contributed by atoms with Crippen LogP contribution in [0.3, 0.4) is 0 Å². The number of morpholine rings is 1. The predicted octanol–water partition coefficient (Wildman–Crippen LogP) is 0.410. The third-order valence-electron chi connectivity index (χ3n) is 4.15. The molecule has 3 rings (SSSR count). The molecule has 3 N–H and O–H groups in total. The number of sulfonamides is 1. The van der Waals surface area contributed by atoms with Crippen molar-refractivity contribution in [2.24, 2.45) is 0 Å². The highest BCUT2D eigenvalue weighted by molar-refractivity contribution is 7.89. The minimum atomic E-state index is -3.50. The molecule has 0 amide bonds. The largest absolute Gasteiger partial charge is 0.399 e. The van der Waals surface area contributed by atoms with Gasteiger partial charge in [0.25, 0.3) is 0 Å². The quantitative estimate of drug-likeness (QED) is 0.787. The van der Waals surface area contributed by atoms with Crippen molar-refractivity contribution in [1.29, 1.82) is 0 Å². The molecule has 2 saturated heterocycles. The van der Waals surface area contributed by atoms with Crippen molar-refractivity contribution in [2.45, 2.75) is 29.9 Å². The van der Waals surface area contributed by atoms with Gasteiger partial charge in [-0.2, -0.15) is 0 Å². The van der Waals surface area contributed by atoms with E-state index in [0.29, 0.717) is 24.9 Å². The van der Waals surface area contributed by atoms with Crippen molar-refractivity contribution < 1.29 is 13.2 Å². The monoisotopic (exact) mass is 311 g/mol. The standard InChI is InChI=1S/C14H21N3O3S/c15-11-3-5-14(6-4-11)21(18,19)16-8-13-9-17-7-1-2-12(17)10-20-13/h3-6,12-13,16H,1-2,7-10,15H2. The second-order valence-corrected chi connectivity index (χ2v) is 7.43. The van der Waals surface area contributed by atoms with Crippen LogP contribution in [-0.4, -0.2) is 51.7 Å². The van der Waals surface area contributed by atoms with E-state index in [1.165, 1.54) is 25.0 Å². The number of rotatable bonds is 4. The summed E-state index contributed by atoms with van der Waals surface area (Å²) >= 11 is 0.